The van der Waals surface area contributed by atoms with Gasteiger partial charge in [0.15, 0.2) is 0 Å². The van der Waals surface area contributed by atoms with Gasteiger partial charge in [-0.25, -0.2) is 0 Å². The van der Waals surface area contributed by atoms with E-state index < -0.39 is 11.8 Å². The van der Waals surface area contributed by atoms with E-state index in [2.05, 4.69) is 15.7 Å². The summed E-state index contributed by atoms with van der Waals surface area (Å²) in [5.74, 6) is -1.40. The summed E-state index contributed by atoms with van der Waals surface area (Å²) in [4.78, 5) is 36.7. The molecule has 3 rings (SSSR count). The number of halogens is 3. The molecule has 3 aromatic carbocycles. The van der Waals surface area contributed by atoms with E-state index in [1.54, 1.807) is 36.4 Å². The van der Waals surface area contributed by atoms with Crippen LogP contribution in [0.25, 0.3) is 0 Å². The van der Waals surface area contributed by atoms with E-state index in [1.807, 2.05) is 0 Å². The lowest BCUT2D eigenvalue weighted by molar-refractivity contribution is -0.125. The number of carbonyl (C=O) groups is 3. The number of amides is 2. The van der Waals surface area contributed by atoms with Crippen molar-refractivity contribution in [1.29, 1.82) is 0 Å². The van der Waals surface area contributed by atoms with Crippen LogP contribution in [0.1, 0.15) is 23.7 Å². The molecule has 0 aliphatic carbocycles. The topological polar surface area (TPSA) is 117 Å². The Balaban J connectivity index is 1.88. The maximum atomic E-state index is 12.7. The van der Waals surface area contributed by atoms with Gasteiger partial charge in [0.25, 0.3) is 11.8 Å². The largest absolute Gasteiger partial charge is 0.399 e. The Hall–Kier alpha value is -3.46. The quantitative estimate of drug-likeness (QED) is 0.161. The van der Waals surface area contributed by atoms with Gasteiger partial charge in [-0.05, 0) is 67.6 Å². The monoisotopic (exact) mass is 517 g/mol. The van der Waals surface area contributed by atoms with Gasteiger partial charge in [0.2, 0.25) is 0 Å². The fourth-order valence-electron chi connectivity index (χ4n) is 2.76. The van der Waals surface area contributed by atoms with Gasteiger partial charge in [0, 0.05) is 16.3 Å². The number of benzene rings is 3. The maximum Gasteiger partial charge on any atom is 0.256 e. The highest BCUT2D eigenvalue weighted by Gasteiger charge is 2.18. The maximum absolute atomic E-state index is 12.7. The first-order valence-electron chi connectivity index (χ1n) is 9.79. The zero-order valence-electron chi connectivity index (χ0n) is 17.8. The molecular weight excluding hydrogens is 501 g/mol. The number of nitrogens with two attached hydrogens (primary N) is 1. The lowest BCUT2D eigenvalue weighted by atomic mass is 10.2. The van der Waals surface area contributed by atoms with Crippen LogP contribution in [0.4, 0.5) is 22.7 Å². The van der Waals surface area contributed by atoms with E-state index >= 15 is 0 Å². The summed E-state index contributed by atoms with van der Waals surface area (Å²) in [7, 11) is 0. The van der Waals surface area contributed by atoms with E-state index in [-0.39, 0.29) is 33.5 Å². The summed E-state index contributed by atoms with van der Waals surface area (Å²) in [6.45, 7) is 1.29. The Morgan fingerprint density at radius 2 is 1.65 bits per heavy atom. The van der Waals surface area contributed by atoms with Crippen LogP contribution in [0, 0.1) is 0 Å². The molecule has 0 spiro atoms. The van der Waals surface area contributed by atoms with Crippen LogP contribution in [-0.4, -0.2) is 17.6 Å². The molecule has 3 aromatic rings. The number of rotatable bonds is 7. The molecule has 34 heavy (non-hydrogen) atoms. The zero-order chi connectivity index (χ0) is 24.8. The fraction of sp³-hybridized carbons (Fsp3) is 0.0870. The summed E-state index contributed by atoms with van der Waals surface area (Å²) in [5.41, 5.74) is 7.27. The first kappa shape index (κ1) is 25.2. The predicted molar refractivity (Wildman–Crippen MR) is 134 cm³/mol. The lowest BCUT2D eigenvalue weighted by Gasteiger charge is -2.15. The molecule has 0 saturated heterocycles. The SMILES string of the molecule is CC(=O)CC(=O)N(N=Nc1cc(C(=O)Nc2ccc(Cl)cc2Cl)ccc1Cl)c1ccc(N)cc1. The third-order valence-corrected chi connectivity index (χ3v) is 5.27. The number of nitrogens with one attached hydrogen (secondary N) is 1. The summed E-state index contributed by atoms with van der Waals surface area (Å²) >= 11 is 18.2. The molecule has 11 heteroatoms. The van der Waals surface area contributed by atoms with Crippen molar-refractivity contribution < 1.29 is 14.4 Å². The van der Waals surface area contributed by atoms with Crippen LogP contribution >= 0.6 is 34.8 Å². The second-order valence-electron chi connectivity index (χ2n) is 7.11. The molecule has 0 aromatic heterocycles. The Morgan fingerprint density at radius 3 is 2.29 bits per heavy atom. The van der Waals surface area contributed by atoms with Crippen LogP contribution in [0.5, 0.6) is 0 Å². The standard InChI is InChI=1S/C23H18Cl3N5O3/c1-13(32)10-22(33)31(17-6-4-16(27)5-7-17)30-29-21-11-14(2-8-18(21)25)23(34)28-20-9-3-15(24)12-19(20)26/h2-9,11-12H,10,27H2,1H3,(H,28,34). The Labute approximate surface area is 210 Å². The van der Waals surface area contributed by atoms with Crippen LogP contribution in [0.15, 0.2) is 71.0 Å². The molecule has 0 aliphatic rings. The number of nitrogens with zero attached hydrogens (tertiary/aromatic N) is 3. The number of hydrogen-bond acceptors (Lipinski definition) is 6. The summed E-state index contributed by atoms with van der Waals surface area (Å²) in [5, 5.41) is 12.6. The summed E-state index contributed by atoms with van der Waals surface area (Å²) in [6.07, 6.45) is -0.374. The molecule has 0 heterocycles. The van der Waals surface area contributed by atoms with Crippen LogP contribution in [0.3, 0.4) is 0 Å². The highest BCUT2D eigenvalue weighted by atomic mass is 35.5. The molecule has 174 valence electrons. The van der Waals surface area contributed by atoms with Gasteiger partial charge in [0.1, 0.15) is 11.5 Å². The van der Waals surface area contributed by atoms with E-state index in [9.17, 15) is 14.4 Å². The minimum absolute atomic E-state index is 0.132. The molecular formula is C23H18Cl3N5O3. The number of Topliss-reactive ketones (excluding diaryl/α,β-unsaturated/α-hetero) is 1. The average Bonchev–Trinajstić information content (AvgIpc) is 2.77. The molecule has 0 bridgehead atoms. The Morgan fingerprint density at radius 1 is 0.941 bits per heavy atom. The molecule has 0 aliphatic heterocycles. The highest BCUT2D eigenvalue weighted by molar-refractivity contribution is 6.37. The van der Waals surface area contributed by atoms with Crippen molar-refractivity contribution in [2.45, 2.75) is 13.3 Å². The smallest absolute Gasteiger partial charge is 0.256 e. The normalized spacial score (nSPS) is 10.8. The zero-order valence-corrected chi connectivity index (χ0v) is 20.0. The van der Waals surface area contributed by atoms with Gasteiger partial charge in [-0.2, -0.15) is 5.01 Å². The number of carbonyl (C=O) groups excluding carboxylic acids is 3. The van der Waals surface area contributed by atoms with Gasteiger partial charge in [-0.15, -0.1) is 5.11 Å². The van der Waals surface area contributed by atoms with Crippen molar-refractivity contribution in [3.8, 4) is 0 Å². The highest BCUT2D eigenvalue weighted by Crippen LogP contribution is 2.29. The van der Waals surface area contributed by atoms with Crippen molar-refractivity contribution in [3.63, 3.8) is 0 Å². The molecule has 0 saturated carbocycles. The number of hydrogen-bond donors (Lipinski definition) is 2. The fourth-order valence-corrected chi connectivity index (χ4v) is 3.37. The van der Waals surface area contributed by atoms with Gasteiger partial charge in [0.05, 0.1) is 27.8 Å². The number of anilines is 3. The lowest BCUT2D eigenvalue weighted by Crippen LogP contribution is -2.26. The molecule has 8 nitrogen and oxygen atoms in total. The molecule has 0 radical (unpaired) electrons. The van der Waals surface area contributed by atoms with Crippen LogP contribution in [0.2, 0.25) is 15.1 Å². The first-order chi connectivity index (χ1) is 16.1. The van der Waals surface area contributed by atoms with Gasteiger partial charge < -0.3 is 11.1 Å². The minimum atomic E-state index is -0.594. The Bertz CT molecular complexity index is 1280. The predicted octanol–water partition coefficient (Wildman–Crippen LogP) is 6.49. The molecule has 0 atom stereocenters. The molecule has 2 amide bonds. The Kier molecular flexibility index (Phi) is 8.22. The molecule has 0 unspecified atom stereocenters. The van der Waals surface area contributed by atoms with Crippen molar-refractivity contribution in [2.75, 3.05) is 16.1 Å². The average molecular weight is 519 g/mol. The second-order valence-corrected chi connectivity index (χ2v) is 8.36. The third kappa shape index (κ3) is 6.54. The van der Waals surface area contributed by atoms with E-state index in [4.69, 9.17) is 40.5 Å². The third-order valence-electron chi connectivity index (χ3n) is 4.40. The number of ketones is 1. The van der Waals surface area contributed by atoms with Crippen molar-refractivity contribution >= 4 is 75.1 Å². The van der Waals surface area contributed by atoms with Gasteiger partial charge in [-0.1, -0.05) is 40.0 Å². The summed E-state index contributed by atoms with van der Waals surface area (Å²) < 4.78 is 0. The van der Waals surface area contributed by atoms with E-state index in [1.165, 1.54) is 31.2 Å². The minimum Gasteiger partial charge on any atom is -0.399 e. The number of nitrogen functional groups attached to an aromatic ring is 1. The van der Waals surface area contributed by atoms with Crippen molar-refractivity contribution in [3.05, 3.63) is 81.3 Å². The molecule has 3 N–H and O–H groups in total. The van der Waals surface area contributed by atoms with Crippen molar-refractivity contribution in [2.24, 2.45) is 10.3 Å². The molecule has 0 fully saturated rings. The second kappa shape index (κ2) is 11.1. The first-order valence-corrected chi connectivity index (χ1v) is 10.9. The van der Waals surface area contributed by atoms with E-state index in [0.29, 0.717) is 22.1 Å². The van der Waals surface area contributed by atoms with Crippen molar-refractivity contribution in [1.82, 2.24) is 0 Å². The van der Waals surface area contributed by atoms with Gasteiger partial charge in [-0.3, -0.25) is 14.4 Å². The summed E-state index contributed by atoms with van der Waals surface area (Å²) in [6, 6.07) is 15.3. The van der Waals surface area contributed by atoms with E-state index in [0.717, 1.165) is 5.01 Å². The van der Waals surface area contributed by atoms with Gasteiger partial charge >= 0.3 is 0 Å². The van der Waals surface area contributed by atoms with Crippen LogP contribution in [-0.2, 0) is 9.59 Å². The van der Waals surface area contributed by atoms with Crippen LogP contribution < -0.4 is 16.1 Å².